The minimum Gasteiger partial charge on any atom is -0.395 e. The van der Waals surface area contributed by atoms with Crippen molar-refractivity contribution in [1.29, 1.82) is 0 Å². The highest BCUT2D eigenvalue weighted by atomic mass is 16.3. The Morgan fingerprint density at radius 2 is 1.91 bits per heavy atom. The van der Waals surface area contributed by atoms with Crippen LogP contribution >= 0.6 is 0 Å². The van der Waals surface area contributed by atoms with Crippen molar-refractivity contribution in [3.63, 3.8) is 0 Å². The normalized spacial score (nSPS) is 11.4. The predicted molar refractivity (Wildman–Crippen MR) is 87.6 cm³/mol. The van der Waals surface area contributed by atoms with E-state index in [1.54, 1.807) is 0 Å². The molecule has 0 radical (unpaired) electrons. The van der Waals surface area contributed by atoms with Gasteiger partial charge in [0, 0.05) is 25.8 Å². The van der Waals surface area contributed by atoms with Crippen molar-refractivity contribution in [3.05, 3.63) is 71.7 Å². The molecule has 3 rings (SSSR count). The van der Waals surface area contributed by atoms with Gasteiger partial charge in [0.05, 0.1) is 18.5 Å². The van der Waals surface area contributed by atoms with Crippen LogP contribution in [0.1, 0.15) is 16.8 Å². The van der Waals surface area contributed by atoms with Crippen molar-refractivity contribution < 1.29 is 5.11 Å². The Morgan fingerprint density at radius 1 is 1.09 bits per heavy atom. The summed E-state index contributed by atoms with van der Waals surface area (Å²) in [6, 6.07) is 14.4. The maximum Gasteiger partial charge on any atom is 0.136 e. The number of aryl methyl sites for hydroxylation is 1. The van der Waals surface area contributed by atoms with Crippen molar-refractivity contribution in [1.82, 2.24) is 14.3 Å². The molecule has 0 saturated carbocycles. The average molecular weight is 295 g/mol. The summed E-state index contributed by atoms with van der Waals surface area (Å²) in [7, 11) is 0. The SMILES string of the molecule is Cc1ccc2ncc(CN(CCO)Cc3ccccc3)n2c1. The lowest BCUT2D eigenvalue weighted by Crippen LogP contribution is -2.26. The van der Waals surface area contributed by atoms with E-state index in [9.17, 15) is 5.11 Å². The third-order valence-electron chi connectivity index (χ3n) is 3.78. The minimum atomic E-state index is 0.155. The van der Waals surface area contributed by atoms with Gasteiger partial charge in [-0.3, -0.25) is 4.90 Å². The standard InChI is InChI=1S/C18H21N3O/c1-15-7-8-18-19-11-17(21(18)12-15)14-20(9-10-22)13-16-5-3-2-4-6-16/h2-8,11-12,22H,9-10,13-14H2,1H3. The summed E-state index contributed by atoms with van der Waals surface area (Å²) >= 11 is 0. The molecule has 22 heavy (non-hydrogen) atoms. The van der Waals surface area contributed by atoms with Crippen LogP contribution < -0.4 is 0 Å². The van der Waals surface area contributed by atoms with Gasteiger partial charge in [0.15, 0.2) is 0 Å². The number of benzene rings is 1. The number of pyridine rings is 1. The first-order valence-electron chi connectivity index (χ1n) is 7.56. The molecule has 114 valence electrons. The van der Waals surface area contributed by atoms with Crippen LogP contribution in [0.4, 0.5) is 0 Å². The third kappa shape index (κ3) is 3.35. The van der Waals surface area contributed by atoms with Crippen LogP contribution in [0.15, 0.2) is 54.9 Å². The summed E-state index contributed by atoms with van der Waals surface area (Å²) in [6.07, 6.45) is 4.03. The van der Waals surface area contributed by atoms with Gasteiger partial charge in [-0.1, -0.05) is 36.4 Å². The second-order valence-electron chi connectivity index (χ2n) is 5.60. The maximum atomic E-state index is 9.34. The summed E-state index contributed by atoms with van der Waals surface area (Å²) in [6.45, 7) is 4.47. The molecule has 0 aliphatic heterocycles. The number of imidazole rings is 1. The molecule has 4 heteroatoms. The number of fused-ring (bicyclic) bond motifs is 1. The minimum absolute atomic E-state index is 0.155. The Morgan fingerprint density at radius 3 is 2.68 bits per heavy atom. The van der Waals surface area contributed by atoms with Crippen LogP contribution in [0.3, 0.4) is 0 Å². The molecular weight excluding hydrogens is 274 g/mol. The zero-order chi connectivity index (χ0) is 15.4. The largest absolute Gasteiger partial charge is 0.395 e. The van der Waals surface area contributed by atoms with E-state index in [0.717, 1.165) is 24.4 Å². The fourth-order valence-electron chi connectivity index (χ4n) is 2.68. The van der Waals surface area contributed by atoms with Crippen LogP contribution in [0.5, 0.6) is 0 Å². The van der Waals surface area contributed by atoms with Gasteiger partial charge in [-0.15, -0.1) is 0 Å². The fourth-order valence-corrected chi connectivity index (χ4v) is 2.68. The first-order chi connectivity index (χ1) is 10.8. The molecule has 0 bridgehead atoms. The molecule has 2 aromatic heterocycles. The highest BCUT2D eigenvalue weighted by Crippen LogP contribution is 2.13. The van der Waals surface area contributed by atoms with E-state index >= 15 is 0 Å². The van der Waals surface area contributed by atoms with Crippen molar-refractivity contribution in [2.24, 2.45) is 0 Å². The van der Waals surface area contributed by atoms with Crippen LogP contribution in [-0.2, 0) is 13.1 Å². The topological polar surface area (TPSA) is 40.8 Å². The van der Waals surface area contributed by atoms with Crippen LogP contribution in [0.2, 0.25) is 0 Å². The summed E-state index contributed by atoms with van der Waals surface area (Å²) in [4.78, 5) is 6.69. The van der Waals surface area contributed by atoms with Gasteiger partial charge in [0.1, 0.15) is 5.65 Å². The molecule has 0 saturated heterocycles. The van der Waals surface area contributed by atoms with Crippen LogP contribution in [-0.4, -0.2) is 32.5 Å². The van der Waals surface area contributed by atoms with E-state index in [4.69, 9.17) is 0 Å². The molecule has 0 atom stereocenters. The van der Waals surface area contributed by atoms with Gasteiger partial charge in [0.2, 0.25) is 0 Å². The number of aliphatic hydroxyl groups excluding tert-OH is 1. The van der Waals surface area contributed by atoms with E-state index in [1.807, 2.05) is 30.5 Å². The monoisotopic (exact) mass is 295 g/mol. The average Bonchev–Trinajstić information content (AvgIpc) is 2.91. The molecule has 0 aliphatic carbocycles. The zero-order valence-electron chi connectivity index (χ0n) is 12.8. The Balaban J connectivity index is 1.81. The quantitative estimate of drug-likeness (QED) is 0.760. The van der Waals surface area contributed by atoms with Crippen molar-refractivity contribution in [3.8, 4) is 0 Å². The molecule has 0 amide bonds. The van der Waals surface area contributed by atoms with Crippen molar-refractivity contribution in [2.45, 2.75) is 20.0 Å². The number of hydrogen-bond acceptors (Lipinski definition) is 3. The molecule has 0 aliphatic rings. The van der Waals surface area contributed by atoms with E-state index in [2.05, 4.69) is 45.6 Å². The first-order valence-corrected chi connectivity index (χ1v) is 7.56. The molecule has 2 heterocycles. The maximum absolute atomic E-state index is 9.34. The molecule has 3 aromatic rings. The summed E-state index contributed by atoms with van der Waals surface area (Å²) in [5, 5.41) is 9.34. The van der Waals surface area contributed by atoms with E-state index < -0.39 is 0 Å². The predicted octanol–water partition coefficient (Wildman–Crippen LogP) is 2.64. The number of rotatable bonds is 6. The second kappa shape index (κ2) is 6.73. The van der Waals surface area contributed by atoms with E-state index in [-0.39, 0.29) is 6.61 Å². The highest BCUT2D eigenvalue weighted by Gasteiger charge is 2.10. The van der Waals surface area contributed by atoms with Gasteiger partial charge >= 0.3 is 0 Å². The van der Waals surface area contributed by atoms with Gasteiger partial charge in [0.25, 0.3) is 0 Å². The Labute approximate surface area is 130 Å². The summed E-state index contributed by atoms with van der Waals surface area (Å²) < 4.78 is 2.13. The Hall–Kier alpha value is -2.17. The van der Waals surface area contributed by atoms with Crippen molar-refractivity contribution >= 4 is 5.65 Å². The Kier molecular flexibility index (Phi) is 4.51. The van der Waals surface area contributed by atoms with Gasteiger partial charge in [-0.2, -0.15) is 0 Å². The van der Waals surface area contributed by atoms with Crippen LogP contribution in [0, 0.1) is 6.92 Å². The Bertz CT molecular complexity index is 736. The second-order valence-corrected chi connectivity index (χ2v) is 5.60. The number of hydrogen-bond donors (Lipinski definition) is 1. The summed E-state index contributed by atoms with van der Waals surface area (Å²) in [5.41, 5.74) is 4.57. The smallest absolute Gasteiger partial charge is 0.136 e. The molecule has 0 unspecified atom stereocenters. The lowest BCUT2D eigenvalue weighted by molar-refractivity contribution is 0.182. The van der Waals surface area contributed by atoms with Gasteiger partial charge in [-0.25, -0.2) is 4.98 Å². The number of aliphatic hydroxyl groups is 1. The lowest BCUT2D eigenvalue weighted by atomic mass is 10.2. The number of aromatic nitrogens is 2. The molecule has 1 aromatic carbocycles. The molecule has 0 fully saturated rings. The molecule has 4 nitrogen and oxygen atoms in total. The molecular formula is C18H21N3O. The summed E-state index contributed by atoms with van der Waals surface area (Å²) in [5.74, 6) is 0. The van der Waals surface area contributed by atoms with Gasteiger partial charge < -0.3 is 9.51 Å². The van der Waals surface area contributed by atoms with E-state index in [0.29, 0.717) is 6.54 Å². The van der Waals surface area contributed by atoms with Gasteiger partial charge in [-0.05, 0) is 24.1 Å². The molecule has 0 spiro atoms. The van der Waals surface area contributed by atoms with Crippen molar-refractivity contribution in [2.75, 3.05) is 13.2 Å². The highest BCUT2D eigenvalue weighted by molar-refractivity contribution is 5.41. The zero-order valence-corrected chi connectivity index (χ0v) is 12.8. The number of nitrogens with zero attached hydrogens (tertiary/aromatic N) is 3. The first kappa shape index (κ1) is 14.8. The van der Waals surface area contributed by atoms with Crippen LogP contribution in [0.25, 0.3) is 5.65 Å². The lowest BCUT2D eigenvalue weighted by Gasteiger charge is -2.21. The van der Waals surface area contributed by atoms with E-state index in [1.165, 1.54) is 11.1 Å². The molecule has 1 N–H and O–H groups in total. The third-order valence-corrected chi connectivity index (χ3v) is 3.78. The fraction of sp³-hybridized carbons (Fsp3) is 0.278.